The summed E-state index contributed by atoms with van der Waals surface area (Å²) in [7, 11) is 0. The van der Waals surface area contributed by atoms with E-state index >= 15 is 0 Å². The van der Waals surface area contributed by atoms with Crippen molar-refractivity contribution in [2.75, 3.05) is 6.54 Å². The van der Waals surface area contributed by atoms with Crippen molar-refractivity contribution in [3.8, 4) is 0 Å². The quantitative estimate of drug-likeness (QED) is 0.814. The number of carbonyl (C=O) groups is 3. The Bertz CT molecular complexity index is 793. The summed E-state index contributed by atoms with van der Waals surface area (Å²) in [5.41, 5.74) is 1.58. The summed E-state index contributed by atoms with van der Waals surface area (Å²) in [4.78, 5) is 41.9. The van der Waals surface area contributed by atoms with Gasteiger partial charge in [-0.25, -0.2) is 9.69 Å². The highest BCUT2D eigenvalue weighted by Crippen LogP contribution is 2.39. The number of hydrogen-bond donors (Lipinski definition) is 1. The standard InChI is InChI=1S/C21H27N3O3/c1-14-7-5-6-11-21(14)19(26)24(20(27)22-21)15(2)18(25)23-12-10-16-8-3-4-9-17(16)13-23/h3-4,8-9,14-15H,5-7,10-13H2,1-2H3,(H,22,27). The highest BCUT2D eigenvalue weighted by molar-refractivity contribution is 6.10. The molecule has 1 spiro atoms. The number of rotatable bonds is 2. The van der Waals surface area contributed by atoms with Crippen molar-refractivity contribution in [3.05, 3.63) is 35.4 Å². The molecule has 4 rings (SSSR count). The summed E-state index contributed by atoms with van der Waals surface area (Å²) in [6.07, 6.45) is 4.39. The van der Waals surface area contributed by atoms with Crippen LogP contribution in [0.4, 0.5) is 4.79 Å². The third kappa shape index (κ3) is 2.82. The van der Waals surface area contributed by atoms with Gasteiger partial charge < -0.3 is 10.2 Å². The first-order valence-electron chi connectivity index (χ1n) is 9.95. The van der Waals surface area contributed by atoms with E-state index in [4.69, 9.17) is 0 Å². The number of fused-ring (bicyclic) bond motifs is 1. The molecule has 0 aromatic heterocycles. The summed E-state index contributed by atoms with van der Waals surface area (Å²) in [6, 6.07) is 6.90. The lowest BCUT2D eigenvalue weighted by atomic mass is 9.73. The van der Waals surface area contributed by atoms with Crippen LogP contribution in [0.5, 0.6) is 0 Å². The van der Waals surface area contributed by atoms with Crippen LogP contribution in [-0.4, -0.2) is 45.8 Å². The van der Waals surface area contributed by atoms with Crippen LogP contribution >= 0.6 is 0 Å². The molecule has 1 aromatic rings. The fourth-order valence-electron chi connectivity index (χ4n) is 4.87. The second-order valence-electron chi connectivity index (χ2n) is 8.18. The van der Waals surface area contributed by atoms with Crippen molar-refractivity contribution < 1.29 is 14.4 Å². The van der Waals surface area contributed by atoms with Gasteiger partial charge >= 0.3 is 6.03 Å². The molecule has 1 N–H and O–H groups in total. The minimum absolute atomic E-state index is 0.0943. The van der Waals surface area contributed by atoms with Crippen LogP contribution in [0.25, 0.3) is 0 Å². The smallest absolute Gasteiger partial charge is 0.325 e. The topological polar surface area (TPSA) is 69.7 Å². The van der Waals surface area contributed by atoms with E-state index < -0.39 is 17.6 Å². The molecule has 3 aliphatic rings. The van der Waals surface area contributed by atoms with Crippen LogP contribution in [0.15, 0.2) is 24.3 Å². The Hall–Kier alpha value is -2.37. The molecule has 6 heteroatoms. The molecule has 1 aliphatic carbocycles. The first-order chi connectivity index (χ1) is 12.9. The van der Waals surface area contributed by atoms with Crippen LogP contribution < -0.4 is 5.32 Å². The average Bonchev–Trinajstić information content (AvgIpc) is 2.93. The number of benzene rings is 1. The zero-order valence-corrected chi connectivity index (χ0v) is 16.0. The first kappa shape index (κ1) is 18.0. The van der Waals surface area contributed by atoms with Gasteiger partial charge in [-0.05, 0) is 43.2 Å². The molecule has 2 aliphatic heterocycles. The van der Waals surface area contributed by atoms with Gasteiger partial charge in [-0.2, -0.15) is 0 Å². The van der Waals surface area contributed by atoms with E-state index in [1.807, 2.05) is 25.1 Å². The fraction of sp³-hybridized carbons (Fsp3) is 0.571. The largest absolute Gasteiger partial charge is 0.336 e. The molecule has 2 fully saturated rings. The van der Waals surface area contributed by atoms with Crippen LogP contribution in [0.1, 0.15) is 50.7 Å². The zero-order valence-electron chi connectivity index (χ0n) is 16.0. The molecule has 4 amide bonds. The lowest BCUT2D eigenvalue weighted by molar-refractivity contribution is -0.144. The molecule has 1 aromatic carbocycles. The van der Waals surface area contributed by atoms with Crippen molar-refractivity contribution in [1.82, 2.24) is 15.1 Å². The normalized spacial score (nSPS) is 28.9. The van der Waals surface area contributed by atoms with Gasteiger partial charge in [0.05, 0.1) is 0 Å². The van der Waals surface area contributed by atoms with Crippen molar-refractivity contribution in [2.45, 2.75) is 64.1 Å². The molecule has 0 bridgehead atoms. The maximum absolute atomic E-state index is 13.2. The van der Waals surface area contributed by atoms with E-state index in [0.29, 0.717) is 19.5 Å². The van der Waals surface area contributed by atoms with Gasteiger partial charge in [0, 0.05) is 13.1 Å². The van der Waals surface area contributed by atoms with E-state index in [1.165, 1.54) is 10.5 Å². The molecule has 2 heterocycles. The van der Waals surface area contributed by atoms with Crippen LogP contribution in [0.2, 0.25) is 0 Å². The third-order valence-corrected chi connectivity index (χ3v) is 6.64. The Morgan fingerprint density at radius 1 is 1.22 bits per heavy atom. The van der Waals surface area contributed by atoms with E-state index in [-0.39, 0.29) is 17.7 Å². The molecule has 144 valence electrons. The molecule has 3 atom stereocenters. The van der Waals surface area contributed by atoms with Crippen molar-refractivity contribution in [2.24, 2.45) is 5.92 Å². The Kier molecular flexibility index (Phi) is 4.44. The van der Waals surface area contributed by atoms with Gasteiger partial charge in [-0.15, -0.1) is 0 Å². The van der Waals surface area contributed by atoms with E-state index in [2.05, 4.69) is 11.4 Å². The van der Waals surface area contributed by atoms with Gasteiger partial charge in [0.1, 0.15) is 11.6 Å². The molecule has 0 radical (unpaired) electrons. The summed E-state index contributed by atoms with van der Waals surface area (Å²) < 4.78 is 0. The Balaban J connectivity index is 1.52. The maximum atomic E-state index is 13.2. The summed E-state index contributed by atoms with van der Waals surface area (Å²) in [5, 5.41) is 2.94. The minimum atomic E-state index is -0.821. The minimum Gasteiger partial charge on any atom is -0.336 e. The lowest BCUT2D eigenvalue weighted by Crippen LogP contribution is -2.55. The number of nitrogens with zero attached hydrogens (tertiary/aromatic N) is 2. The number of hydrogen-bond acceptors (Lipinski definition) is 3. The van der Waals surface area contributed by atoms with E-state index in [1.54, 1.807) is 11.8 Å². The van der Waals surface area contributed by atoms with E-state index in [0.717, 1.165) is 31.2 Å². The van der Waals surface area contributed by atoms with Gasteiger partial charge in [0.2, 0.25) is 5.91 Å². The predicted molar refractivity (Wildman–Crippen MR) is 101 cm³/mol. The number of imide groups is 1. The van der Waals surface area contributed by atoms with Crippen LogP contribution in [-0.2, 0) is 22.6 Å². The Labute approximate surface area is 159 Å². The third-order valence-electron chi connectivity index (χ3n) is 6.64. The second-order valence-corrected chi connectivity index (χ2v) is 8.18. The second kappa shape index (κ2) is 6.66. The first-order valence-corrected chi connectivity index (χ1v) is 9.95. The monoisotopic (exact) mass is 369 g/mol. The Morgan fingerprint density at radius 3 is 2.70 bits per heavy atom. The number of amides is 4. The van der Waals surface area contributed by atoms with Gasteiger partial charge in [0.15, 0.2) is 0 Å². The summed E-state index contributed by atoms with van der Waals surface area (Å²) >= 11 is 0. The molecule has 27 heavy (non-hydrogen) atoms. The number of nitrogens with one attached hydrogen (secondary N) is 1. The zero-order chi connectivity index (χ0) is 19.2. The number of carbonyl (C=O) groups excluding carboxylic acids is 3. The van der Waals surface area contributed by atoms with Crippen molar-refractivity contribution >= 4 is 17.8 Å². The SMILES string of the molecule is CC(C(=O)N1CCc2ccccc2C1)N1C(=O)NC2(CCCCC2C)C1=O. The number of urea groups is 1. The van der Waals surface area contributed by atoms with Crippen molar-refractivity contribution in [1.29, 1.82) is 0 Å². The van der Waals surface area contributed by atoms with Crippen molar-refractivity contribution in [3.63, 3.8) is 0 Å². The summed E-state index contributed by atoms with van der Waals surface area (Å²) in [6.45, 7) is 4.84. The predicted octanol–water partition coefficient (Wildman–Crippen LogP) is 2.46. The van der Waals surface area contributed by atoms with Gasteiger partial charge in [-0.1, -0.05) is 44.0 Å². The lowest BCUT2D eigenvalue weighted by Gasteiger charge is -2.37. The molecular weight excluding hydrogens is 342 g/mol. The van der Waals surface area contributed by atoms with E-state index in [9.17, 15) is 14.4 Å². The highest BCUT2D eigenvalue weighted by atomic mass is 16.2. The van der Waals surface area contributed by atoms with Crippen LogP contribution in [0, 0.1) is 5.92 Å². The molecule has 1 saturated carbocycles. The fourth-order valence-corrected chi connectivity index (χ4v) is 4.87. The average molecular weight is 369 g/mol. The molecule has 6 nitrogen and oxygen atoms in total. The maximum Gasteiger partial charge on any atom is 0.325 e. The van der Waals surface area contributed by atoms with Gasteiger partial charge in [-0.3, -0.25) is 9.59 Å². The highest BCUT2D eigenvalue weighted by Gasteiger charge is 2.57. The Morgan fingerprint density at radius 2 is 1.96 bits per heavy atom. The molecule has 3 unspecified atom stereocenters. The molecular formula is C21H27N3O3. The summed E-state index contributed by atoms with van der Waals surface area (Å²) in [5.74, 6) is -0.289. The molecule has 1 saturated heterocycles. The van der Waals surface area contributed by atoms with Gasteiger partial charge in [0.25, 0.3) is 5.91 Å². The van der Waals surface area contributed by atoms with Crippen LogP contribution in [0.3, 0.4) is 0 Å².